The summed E-state index contributed by atoms with van der Waals surface area (Å²) in [4.78, 5) is 0. The average Bonchev–Trinajstić information content (AvgIpc) is 0.722. The van der Waals surface area contributed by atoms with Gasteiger partial charge >= 0.3 is 9.41 Å². The van der Waals surface area contributed by atoms with E-state index >= 15 is 0 Å². The molecule has 0 aromatic rings. The molecule has 7 heteroatoms. The van der Waals surface area contributed by atoms with Crippen LogP contribution in [0.15, 0.2) is 0 Å². The Bertz CT molecular complexity index is 19.7. The number of hydrogen-bond acceptors (Lipinski definition) is 0. The molecule has 0 N–H and O–H groups in total. The lowest BCUT2D eigenvalue weighted by Crippen LogP contribution is -2.02. The molecule has 0 unspecified atom stereocenters. The molecule has 7 heavy (non-hydrogen) atoms. The monoisotopic (exact) mass is 144 g/mol. The van der Waals surface area contributed by atoms with Crippen LogP contribution in [0.1, 0.15) is 0 Å². The third-order valence-electron chi connectivity index (χ3n) is 0. The van der Waals surface area contributed by atoms with E-state index < -0.39 is 9.41 Å². The zero-order valence-corrected chi connectivity index (χ0v) is 3.83. The third-order valence-corrected chi connectivity index (χ3v) is 0. The second-order valence-corrected chi connectivity index (χ2v) is 1.29. The van der Waals surface area contributed by atoms with Crippen molar-refractivity contribution in [3.8, 4) is 0 Å². The van der Waals surface area contributed by atoms with Crippen LogP contribution in [0.5, 0.6) is 0 Å². The number of hydrogen-bond donors (Lipinski definition) is 0. The van der Waals surface area contributed by atoms with Crippen molar-refractivity contribution >= 4 is 9.41 Å². The number of halogens is 6. The summed E-state index contributed by atoms with van der Waals surface area (Å²) in [7, 11) is -6.61. The van der Waals surface area contributed by atoms with Gasteiger partial charge in [-0.3, -0.25) is 9.41 Å². The molecule has 0 nitrogen and oxygen atoms in total. The normalized spacial score (nSPS) is 8.57. The van der Waals surface area contributed by atoms with E-state index in [1.807, 2.05) is 0 Å². The molecule has 48 valence electrons. The smallest absolute Gasteiger partial charge is 0.269 e. The Balaban J connectivity index is -0.0000000800. The maximum Gasteiger partial charge on any atom is 0.844 e. The summed E-state index contributed by atoms with van der Waals surface area (Å²) >= 11 is 0. The van der Waals surface area contributed by atoms with Crippen LogP contribution >= 0.6 is 0 Å². The number of rotatable bonds is 0. The van der Waals surface area contributed by atoms with Gasteiger partial charge in [-0.05, 0) is 0 Å². The van der Waals surface area contributed by atoms with Crippen LogP contribution in [0.2, 0.25) is 0 Å². The van der Waals surface area contributed by atoms with Gasteiger partial charge in [0.1, 0.15) is 0 Å². The van der Waals surface area contributed by atoms with Crippen molar-refractivity contribution in [2.45, 2.75) is 0 Å². The van der Waals surface area contributed by atoms with Gasteiger partial charge in [-0.15, -0.1) is 0 Å². The summed E-state index contributed by atoms with van der Waals surface area (Å²) in [6, 6.07) is 0. The van der Waals surface area contributed by atoms with Gasteiger partial charge in [0.2, 0.25) is 0 Å². The summed E-state index contributed by atoms with van der Waals surface area (Å²) in [5.41, 5.74) is 0. The first-order chi connectivity index (χ1) is 2.00. The van der Waals surface area contributed by atoms with Gasteiger partial charge in [-0.2, -0.15) is 0 Å². The van der Waals surface area contributed by atoms with E-state index in [0.29, 0.717) is 0 Å². The molecule has 0 atom stereocenters. The van der Waals surface area contributed by atoms with Gasteiger partial charge in [0.05, 0.1) is 0 Å². The molecule has 0 bridgehead atoms. The standard InChI is InChI=1S/F4Si.2FH/c1-5(2,3)4;;/h;2*1H. The summed E-state index contributed by atoms with van der Waals surface area (Å²) in [6.45, 7) is 0. The van der Waals surface area contributed by atoms with Crippen molar-refractivity contribution in [1.82, 2.24) is 0 Å². The van der Waals surface area contributed by atoms with Crippen LogP contribution < -0.4 is 0 Å². The Kier molecular flexibility index (Phi) is 8.98. The first-order valence-electron chi connectivity index (χ1n) is 0.756. The Morgan fingerprint density at radius 3 is 0.714 bits per heavy atom. The van der Waals surface area contributed by atoms with Gasteiger partial charge < -0.3 is 0 Å². The van der Waals surface area contributed by atoms with E-state index in [1.165, 1.54) is 0 Å². The van der Waals surface area contributed by atoms with E-state index in [4.69, 9.17) is 0 Å². The van der Waals surface area contributed by atoms with Crippen LogP contribution in [-0.4, -0.2) is 9.41 Å². The lowest BCUT2D eigenvalue weighted by atomic mass is 18.6. The lowest BCUT2D eigenvalue weighted by molar-refractivity contribution is 0.368. The Morgan fingerprint density at radius 1 is 0.714 bits per heavy atom. The predicted molar refractivity (Wildman–Crippen MR) is 15.2 cm³/mol. The summed E-state index contributed by atoms with van der Waals surface area (Å²) in [5, 5.41) is 0. The molecule has 0 aromatic carbocycles. The topological polar surface area (TPSA) is 0 Å². The fourth-order valence-electron chi connectivity index (χ4n) is 0. The molecule has 0 aliphatic rings. The molecule has 0 fully saturated rings. The highest BCUT2D eigenvalue weighted by molar-refractivity contribution is 6.50. The second kappa shape index (κ2) is 3.97. The maximum absolute atomic E-state index is 9.83. The fourth-order valence-corrected chi connectivity index (χ4v) is 0. The van der Waals surface area contributed by atoms with Crippen LogP contribution in [0.3, 0.4) is 0 Å². The highest BCUT2D eigenvalue weighted by Crippen LogP contribution is 2.06. The van der Waals surface area contributed by atoms with Gasteiger partial charge in [0, 0.05) is 0 Å². The van der Waals surface area contributed by atoms with Crippen LogP contribution in [0.4, 0.5) is 25.8 Å². The van der Waals surface area contributed by atoms with Crippen molar-refractivity contribution in [3.05, 3.63) is 0 Å². The Morgan fingerprint density at radius 2 is 0.714 bits per heavy atom. The third kappa shape index (κ3) is 2030. The van der Waals surface area contributed by atoms with Crippen molar-refractivity contribution in [3.63, 3.8) is 0 Å². The molecule has 0 heterocycles. The van der Waals surface area contributed by atoms with Gasteiger partial charge in [0.25, 0.3) is 0 Å². The molecule has 0 saturated heterocycles. The first kappa shape index (κ1) is 15.8. The van der Waals surface area contributed by atoms with Crippen LogP contribution in [-0.2, 0) is 0 Å². The van der Waals surface area contributed by atoms with E-state index in [1.54, 1.807) is 0 Å². The quantitative estimate of drug-likeness (QED) is 0.275. The van der Waals surface area contributed by atoms with Crippen molar-refractivity contribution in [1.29, 1.82) is 0 Å². The van der Waals surface area contributed by atoms with Crippen molar-refractivity contribution in [2.75, 3.05) is 0 Å². The lowest BCUT2D eigenvalue weighted by Gasteiger charge is -1.75. The Hall–Kier alpha value is -0.203. The molecular formula is H2F6Si. The molecular weight excluding hydrogens is 142 g/mol. The van der Waals surface area contributed by atoms with Crippen molar-refractivity contribution in [2.24, 2.45) is 0 Å². The largest absolute Gasteiger partial charge is 0.844 e. The highest BCUT2D eigenvalue weighted by Gasteiger charge is 2.39. The first-order valence-corrected chi connectivity index (χ1v) is 2.27. The minimum Gasteiger partial charge on any atom is -0.269 e. The molecule has 0 aliphatic heterocycles. The van der Waals surface area contributed by atoms with E-state index in [-0.39, 0.29) is 9.41 Å². The Labute approximate surface area is 36.6 Å². The zero-order chi connectivity index (χ0) is 4.50. The molecule has 0 amide bonds. The van der Waals surface area contributed by atoms with Crippen LogP contribution in [0.25, 0.3) is 0 Å². The van der Waals surface area contributed by atoms with Crippen LogP contribution in [0, 0.1) is 0 Å². The predicted octanol–water partition coefficient (Wildman–Crippen LogP) is 1.60. The summed E-state index contributed by atoms with van der Waals surface area (Å²) < 4.78 is 39.3. The molecule has 0 saturated carbocycles. The average molecular weight is 144 g/mol. The SMILES string of the molecule is F.F.F[Si](F)(F)F. The molecule has 0 aliphatic carbocycles. The molecule has 0 aromatic heterocycles. The highest BCUT2D eigenvalue weighted by atomic mass is 28.5. The van der Waals surface area contributed by atoms with E-state index in [2.05, 4.69) is 0 Å². The fraction of sp³-hybridized carbons (Fsp3) is 0. The maximum atomic E-state index is 9.83. The minimum absolute atomic E-state index is 0. The van der Waals surface area contributed by atoms with Gasteiger partial charge in [0.15, 0.2) is 0 Å². The molecule has 0 radical (unpaired) electrons. The van der Waals surface area contributed by atoms with E-state index in [9.17, 15) is 16.4 Å². The summed E-state index contributed by atoms with van der Waals surface area (Å²) in [5.74, 6) is 0. The van der Waals surface area contributed by atoms with Gasteiger partial charge in [-0.25, -0.2) is 16.4 Å². The summed E-state index contributed by atoms with van der Waals surface area (Å²) in [6.07, 6.45) is 0. The zero-order valence-electron chi connectivity index (χ0n) is 2.83. The second-order valence-electron chi connectivity index (χ2n) is 0.429. The minimum atomic E-state index is -6.61. The van der Waals surface area contributed by atoms with Crippen molar-refractivity contribution < 1.29 is 25.8 Å². The van der Waals surface area contributed by atoms with E-state index in [0.717, 1.165) is 0 Å². The van der Waals surface area contributed by atoms with Gasteiger partial charge in [-0.1, -0.05) is 0 Å². The molecule has 0 rings (SSSR count). The molecule has 0 spiro atoms.